The smallest absolute Gasteiger partial charge is 0.122 e. The van der Waals surface area contributed by atoms with Gasteiger partial charge in [-0.2, -0.15) is 0 Å². The van der Waals surface area contributed by atoms with E-state index in [1.807, 2.05) is 18.2 Å². The molecule has 15 heavy (non-hydrogen) atoms. The predicted molar refractivity (Wildman–Crippen MR) is 75.4 cm³/mol. The summed E-state index contributed by atoms with van der Waals surface area (Å²) in [6, 6.07) is 8.17. The molecule has 1 rings (SSSR count). The van der Waals surface area contributed by atoms with E-state index in [1.54, 1.807) is 0 Å². The highest BCUT2D eigenvalue weighted by Crippen LogP contribution is 2.16. The van der Waals surface area contributed by atoms with Crippen LogP contribution in [-0.4, -0.2) is 12.8 Å². The fourth-order valence-electron chi connectivity index (χ4n) is 1.32. The van der Waals surface area contributed by atoms with Crippen LogP contribution in [0.25, 0.3) is 0 Å². The summed E-state index contributed by atoms with van der Waals surface area (Å²) in [5.41, 5.74) is 1.22. The van der Waals surface area contributed by atoms with Crippen molar-refractivity contribution in [1.82, 2.24) is 0 Å². The number of hydrogen-bond donors (Lipinski definition) is 0. The number of para-hydroxylation sites is 1. The summed E-state index contributed by atoms with van der Waals surface area (Å²) < 4.78 is 5.68. The van der Waals surface area contributed by atoms with Gasteiger partial charge in [-0.25, -0.2) is 0 Å². The van der Waals surface area contributed by atoms with Crippen LogP contribution in [-0.2, 0) is 0 Å². The Balaban J connectivity index is 0.00000196. The largest absolute Gasteiger partial charge is 0.493 e. The highest BCUT2D eigenvalue weighted by molar-refractivity contribution is 8.93. The Bertz CT molecular complexity index is 266. The number of hydrogen-bond acceptors (Lipinski definition) is 1. The number of unbranched alkanes of at least 4 members (excludes halogenated alkanes) is 2. The van der Waals surface area contributed by atoms with Gasteiger partial charge in [0.25, 0.3) is 0 Å². The molecule has 1 nitrogen and oxygen atoms in total. The molecule has 1 unspecified atom stereocenters. The van der Waals surface area contributed by atoms with E-state index >= 15 is 0 Å². The van der Waals surface area contributed by atoms with Gasteiger partial charge in [0.2, 0.25) is 0 Å². The Hall–Kier alpha value is -0.0700. The van der Waals surface area contributed by atoms with Crippen molar-refractivity contribution in [1.29, 1.82) is 0 Å². The summed E-state index contributed by atoms with van der Waals surface area (Å²) in [4.78, 5) is 0. The average Bonchev–Trinajstić information content (AvgIpc) is 2.20. The van der Waals surface area contributed by atoms with Crippen LogP contribution in [0.1, 0.15) is 24.8 Å². The molecule has 86 valence electrons. The molecule has 0 aliphatic rings. The van der Waals surface area contributed by atoms with Crippen LogP contribution in [0.5, 0.6) is 5.75 Å². The zero-order chi connectivity index (χ0) is 10.2. The number of ether oxygens (including phenoxy) is 1. The molecule has 0 aliphatic heterocycles. The Morgan fingerprint density at radius 1 is 1.13 bits per heavy atom. The van der Waals surface area contributed by atoms with Gasteiger partial charge in [0.15, 0.2) is 0 Å². The number of rotatable bonds is 6. The van der Waals surface area contributed by atoms with Gasteiger partial charge >= 0.3 is 0 Å². The maximum Gasteiger partial charge on any atom is 0.122 e. The second kappa shape index (κ2) is 9.18. The first-order valence-corrected chi connectivity index (χ1v) is 6.04. The lowest BCUT2D eigenvalue weighted by atomic mass is 10.2. The lowest BCUT2D eigenvalue weighted by Gasteiger charge is -2.07. The maximum atomic E-state index is 5.68. The Labute approximate surface area is 106 Å². The van der Waals surface area contributed by atoms with Crippen molar-refractivity contribution < 1.29 is 4.74 Å². The summed E-state index contributed by atoms with van der Waals surface area (Å²) in [5.74, 6) is 1.03. The molecule has 0 bridgehead atoms. The minimum atomic E-state index is 0. The van der Waals surface area contributed by atoms with Crippen molar-refractivity contribution in [3.05, 3.63) is 29.8 Å². The van der Waals surface area contributed by atoms with Crippen molar-refractivity contribution in [2.45, 2.75) is 26.2 Å². The Kier molecular flexibility index (Phi) is 9.13. The molecule has 0 fully saturated rings. The molecule has 1 atom stereocenters. The summed E-state index contributed by atoms with van der Waals surface area (Å²) in [6.07, 6.45) is 4.89. The molecule has 0 heterocycles. The maximum absolute atomic E-state index is 5.68. The van der Waals surface area contributed by atoms with Crippen LogP contribution >= 0.6 is 26.2 Å². The van der Waals surface area contributed by atoms with E-state index < -0.39 is 0 Å². The van der Waals surface area contributed by atoms with Crippen molar-refractivity contribution in [3.8, 4) is 5.75 Å². The lowest BCUT2D eigenvalue weighted by Crippen LogP contribution is -1.98. The topological polar surface area (TPSA) is 9.23 Å². The lowest BCUT2D eigenvalue weighted by molar-refractivity contribution is 0.304. The van der Waals surface area contributed by atoms with E-state index in [4.69, 9.17) is 4.74 Å². The molecule has 0 saturated heterocycles. The minimum Gasteiger partial charge on any atom is -0.493 e. The van der Waals surface area contributed by atoms with E-state index in [1.165, 1.54) is 24.6 Å². The first-order valence-electron chi connectivity index (χ1n) is 5.23. The summed E-state index contributed by atoms with van der Waals surface area (Å²) in [5, 5.41) is 0. The van der Waals surface area contributed by atoms with Crippen LogP contribution in [0.4, 0.5) is 0 Å². The number of aryl methyl sites for hydroxylation is 1. The predicted octanol–water partition coefficient (Wildman–Crippen LogP) is 4.00. The quantitative estimate of drug-likeness (QED) is 0.568. The van der Waals surface area contributed by atoms with Crippen LogP contribution in [0.15, 0.2) is 24.3 Å². The monoisotopic (exact) mass is 290 g/mol. The summed E-state index contributed by atoms with van der Waals surface area (Å²) in [7, 11) is 2.75. The molecular formula is C12H20BrOP. The third kappa shape index (κ3) is 6.17. The van der Waals surface area contributed by atoms with Crippen LogP contribution in [0.3, 0.4) is 0 Å². The van der Waals surface area contributed by atoms with E-state index in [0.717, 1.165) is 18.8 Å². The van der Waals surface area contributed by atoms with Gasteiger partial charge < -0.3 is 4.74 Å². The zero-order valence-corrected chi connectivity index (χ0v) is 12.1. The van der Waals surface area contributed by atoms with Crippen LogP contribution in [0, 0.1) is 6.92 Å². The SMILES string of the molecule is Br.Cc1ccccc1OCCCCCP. The number of halogens is 1. The highest BCUT2D eigenvalue weighted by Gasteiger charge is 1.96. The Morgan fingerprint density at radius 3 is 2.53 bits per heavy atom. The van der Waals surface area contributed by atoms with E-state index in [9.17, 15) is 0 Å². The third-order valence-electron chi connectivity index (χ3n) is 2.20. The standard InChI is InChI=1S/C12H19OP.BrH/c1-11-7-3-4-8-12(11)13-9-5-2-6-10-14;/h3-4,7-8H,2,5-6,9-10,14H2,1H3;1H. The van der Waals surface area contributed by atoms with Crippen LogP contribution < -0.4 is 4.74 Å². The molecule has 0 amide bonds. The first kappa shape index (κ1) is 14.9. The van der Waals surface area contributed by atoms with Gasteiger partial charge in [0.1, 0.15) is 5.75 Å². The van der Waals surface area contributed by atoms with Gasteiger partial charge in [0, 0.05) is 0 Å². The van der Waals surface area contributed by atoms with Gasteiger partial charge in [-0.15, -0.1) is 26.2 Å². The summed E-state index contributed by atoms with van der Waals surface area (Å²) >= 11 is 0. The second-order valence-electron chi connectivity index (χ2n) is 3.46. The Morgan fingerprint density at radius 2 is 1.87 bits per heavy atom. The molecule has 1 aromatic rings. The molecule has 0 N–H and O–H groups in total. The average molecular weight is 291 g/mol. The van der Waals surface area contributed by atoms with Gasteiger partial charge in [-0.05, 0) is 44.0 Å². The normalized spacial score (nSPS) is 9.47. The first-order chi connectivity index (χ1) is 6.84. The van der Waals surface area contributed by atoms with E-state index in [2.05, 4.69) is 22.2 Å². The molecule has 0 aliphatic carbocycles. The molecule has 0 radical (unpaired) electrons. The fraction of sp³-hybridized carbons (Fsp3) is 0.500. The van der Waals surface area contributed by atoms with E-state index in [0.29, 0.717) is 0 Å². The van der Waals surface area contributed by atoms with Gasteiger partial charge in [0.05, 0.1) is 6.61 Å². The van der Waals surface area contributed by atoms with Crippen molar-refractivity contribution in [3.63, 3.8) is 0 Å². The number of benzene rings is 1. The second-order valence-corrected chi connectivity index (χ2v) is 4.04. The molecule has 1 aromatic carbocycles. The van der Waals surface area contributed by atoms with Crippen molar-refractivity contribution >= 4 is 26.2 Å². The molecule has 0 spiro atoms. The molecule has 0 saturated carbocycles. The molecule has 3 heteroatoms. The molecule has 0 aromatic heterocycles. The zero-order valence-electron chi connectivity index (χ0n) is 9.24. The van der Waals surface area contributed by atoms with Crippen molar-refractivity contribution in [2.24, 2.45) is 0 Å². The van der Waals surface area contributed by atoms with Gasteiger partial charge in [-0.3, -0.25) is 0 Å². The van der Waals surface area contributed by atoms with Crippen molar-refractivity contribution in [2.75, 3.05) is 12.8 Å². The fourth-order valence-corrected chi connectivity index (χ4v) is 1.61. The highest BCUT2D eigenvalue weighted by atomic mass is 79.9. The summed E-state index contributed by atoms with van der Waals surface area (Å²) in [6.45, 7) is 2.92. The minimum absolute atomic E-state index is 0. The van der Waals surface area contributed by atoms with Gasteiger partial charge in [-0.1, -0.05) is 18.2 Å². The van der Waals surface area contributed by atoms with Crippen LogP contribution in [0.2, 0.25) is 0 Å². The third-order valence-corrected chi connectivity index (χ3v) is 2.61. The van der Waals surface area contributed by atoms with E-state index in [-0.39, 0.29) is 17.0 Å². The molecular weight excluding hydrogens is 271 g/mol.